The maximum absolute atomic E-state index is 5.62. The van der Waals surface area contributed by atoms with Crippen molar-refractivity contribution in [3.8, 4) is 0 Å². The van der Waals surface area contributed by atoms with Crippen LogP contribution in [0.4, 0.5) is 5.69 Å². The third-order valence-electron chi connectivity index (χ3n) is 2.58. The summed E-state index contributed by atoms with van der Waals surface area (Å²) >= 11 is 0. The summed E-state index contributed by atoms with van der Waals surface area (Å²) in [5, 5.41) is 0. The Morgan fingerprint density at radius 3 is 2.07 bits per heavy atom. The number of hydrogen-bond donors (Lipinski definition) is 1. The number of hydrogen-bond acceptors (Lipinski definition) is 2. The van der Waals surface area contributed by atoms with Gasteiger partial charge in [0.15, 0.2) is 0 Å². The average Bonchev–Trinajstić information content (AvgIpc) is 2.62. The van der Waals surface area contributed by atoms with E-state index in [1.165, 1.54) is 31.5 Å². The number of benzene rings is 1. The van der Waals surface area contributed by atoms with Gasteiger partial charge in [-0.25, -0.2) is 0 Å². The lowest BCUT2D eigenvalue weighted by molar-refractivity contribution is 0.331. The van der Waals surface area contributed by atoms with E-state index in [-0.39, 0.29) is 24.8 Å². The molecular weight excluding hydrogens is 231 g/mol. The first-order chi connectivity index (χ1) is 6.34. The molecule has 1 fully saturated rings. The Morgan fingerprint density at radius 1 is 1.00 bits per heavy atom. The number of likely N-dealkylation sites (tertiary alicyclic amines) is 1. The Morgan fingerprint density at radius 2 is 1.53 bits per heavy atom. The van der Waals surface area contributed by atoms with Crippen LogP contribution in [-0.4, -0.2) is 18.0 Å². The molecule has 1 aromatic carbocycles. The SMILES string of the molecule is Cl.Cl.Nc1ccc(CN2CCCC2)cc1. The summed E-state index contributed by atoms with van der Waals surface area (Å²) in [5.41, 5.74) is 7.84. The molecule has 1 aromatic rings. The van der Waals surface area contributed by atoms with Crippen LogP contribution in [0, 0.1) is 0 Å². The second-order valence-corrected chi connectivity index (χ2v) is 3.72. The van der Waals surface area contributed by atoms with Crippen LogP contribution in [0.5, 0.6) is 0 Å². The maximum atomic E-state index is 5.62. The highest BCUT2D eigenvalue weighted by Gasteiger charge is 2.10. The fraction of sp³-hybridized carbons (Fsp3) is 0.455. The highest BCUT2D eigenvalue weighted by Crippen LogP contribution is 2.13. The Kier molecular flexibility index (Phi) is 6.73. The van der Waals surface area contributed by atoms with Crippen molar-refractivity contribution in [3.63, 3.8) is 0 Å². The molecule has 2 nitrogen and oxygen atoms in total. The van der Waals surface area contributed by atoms with Gasteiger partial charge < -0.3 is 5.73 Å². The zero-order valence-electron chi connectivity index (χ0n) is 8.69. The third kappa shape index (κ3) is 4.29. The summed E-state index contributed by atoms with van der Waals surface area (Å²) in [6, 6.07) is 8.19. The predicted molar refractivity (Wildman–Crippen MR) is 69.9 cm³/mol. The van der Waals surface area contributed by atoms with Crippen LogP contribution < -0.4 is 5.73 Å². The number of nitrogens with two attached hydrogens (primary N) is 1. The molecule has 86 valence electrons. The van der Waals surface area contributed by atoms with Gasteiger partial charge in [0, 0.05) is 12.2 Å². The van der Waals surface area contributed by atoms with E-state index in [2.05, 4.69) is 17.0 Å². The molecule has 0 bridgehead atoms. The molecular formula is C11H18Cl2N2. The van der Waals surface area contributed by atoms with Gasteiger partial charge in [-0.1, -0.05) is 12.1 Å². The smallest absolute Gasteiger partial charge is 0.0314 e. The van der Waals surface area contributed by atoms with Crippen LogP contribution >= 0.6 is 24.8 Å². The molecule has 2 rings (SSSR count). The summed E-state index contributed by atoms with van der Waals surface area (Å²) in [6.07, 6.45) is 2.71. The van der Waals surface area contributed by atoms with Crippen LogP contribution in [-0.2, 0) is 6.54 Å². The third-order valence-corrected chi connectivity index (χ3v) is 2.58. The molecule has 1 aliphatic rings. The zero-order chi connectivity index (χ0) is 9.10. The second kappa shape index (κ2) is 6.94. The predicted octanol–water partition coefficient (Wildman–Crippen LogP) is 2.71. The van der Waals surface area contributed by atoms with Gasteiger partial charge in [-0.3, -0.25) is 4.90 Å². The van der Waals surface area contributed by atoms with Crippen molar-refractivity contribution in [1.82, 2.24) is 4.90 Å². The summed E-state index contributed by atoms with van der Waals surface area (Å²) in [6.45, 7) is 3.59. The molecule has 15 heavy (non-hydrogen) atoms. The minimum absolute atomic E-state index is 0. The normalized spacial score (nSPS) is 15.5. The van der Waals surface area contributed by atoms with Gasteiger partial charge in [-0.2, -0.15) is 0 Å². The molecule has 0 aromatic heterocycles. The molecule has 0 aliphatic carbocycles. The van der Waals surface area contributed by atoms with Crippen molar-refractivity contribution in [2.45, 2.75) is 19.4 Å². The minimum Gasteiger partial charge on any atom is -0.399 e. The van der Waals surface area contributed by atoms with E-state index in [0.29, 0.717) is 0 Å². The summed E-state index contributed by atoms with van der Waals surface area (Å²) in [5.74, 6) is 0. The van der Waals surface area contributed by atoms with E-state index in [1.807, 2.05) is 12.1 Å². The number of halogens is 2. The molecule has 1 aliphatic heterocycles. The molecule has 0 radical (unpaired) electrons. The highest BCUT2D eigenvalue weighted by molar-refractivity contribution is 5.85. The fourth-order valence-electron chi connectivity index (χ4n) is 1.82. The van der Waals surface area contributed by atoms with Crippen LogP contribution in [0.2, 0.25) is 0 Å². The minimum atomic E-state index is 0. The van der Waals surface area contributed by atoms with Gasteiger partial charge in [-0.15, -0.1) is 24.8 Å². The van der Waals surface area contributed by atoms with Crippen LogP contribution in [0.1, 0.15) is 18.4 Å². The number of anilines is 1. The molecule has 0 atom stereocenters. The number of rotatable bonds is 2. The van der Waals surface area contributed by atoms with Crippen LogP contribution in [0.25, 0.3) is 0 Å². The van der Waals surface area contributed by atoms with E-state index in [9.17, 15) is 0 Å². The summed E-state index contributed by atoms with van der Waals surface area (Å²) < 4.78 is 0. The number of nitrogens with zero attached hydrogens (tertiary/aromatic N) is 1. The van der Waals surface area contributed by atoms with E-state index in [1.54, 1.807) is 0 Å². The standard InChI is InChI=1S/C11H16N2.2ClH/c12-11-5-3-10(4-6-11)9-13-7-1-2-8-13;;/h3-6H,1-2,7-9,12H2;2*1H. The first kappa shape index (κ1) is 14.6. The molecule has 0 spiro atoms. The van der Waals surface area contributed by atoms with Gasteiger partial charge in [0.05, 0.1) is 0 Å². The topological polar surface area (TPSA) is 29.3 Å². The lowest BCUT2D eigenvalue weighted by atomic mass is 10.2. The quantitative estimate of drug-likeness (QED) is 0.816. The van der Waals surface area contributed by atoms with Crippen LogP contribution in [0.3, 0.4) is 0 Å². The first-order valence-electron chi connectivity index (χ1n) is 4.91. The molecule has 4 heteroatoms. The van der Waals surface area contributed by atoms with Gasteiger partial charge >= 0.3 is 0 Å². The Balaban J connectivity index is 0.000000980. The fourth-order valence-corrected chi connectivity index (χ4v) is 1.82. The Labute approximate surface area is 104 Å². The molecule has 2 N–H and O–H groups in total. The summed E-state index contributed by atoms with van der Waals surface area (Å²) in [7, 11) is 0. The Hall–Kier alpha value is -0.440. The van der Waals surface area contributed by atoms with Gasteiger partial charge in [0.2, 0.25) is 0 Å². The van der Waals surface area contributed by atoms with Crippen molar-refractivity contribution >= 4 is 30.5 Å². The van der Waals surface area contributed by atoms with Gasteiger partial charge in [0.1, 0.15) is 0 Å². The van der Waals surface area contributed by atoms with E-state index >= 15 is 0 Å². The summed E-state index contributed by atoms with van der Waals surface area (Å²) in [4.78, 5) is 2.49. The molecule has 0 saturated carbocycles. The van der Waals surface area contributed by atoms with E-state index < -0.39 is 0 Å². The van der Waals surface area contributed by atoms with Crippen molar-refractivity contribution in [2.75, 3.05) is 18.8 Å². The largest absolute Gasteiger partial charge is 0.399 e. The lowest BCUT2D eigenvalue weighted by Crippen LogP contribution is -2.18. The molecule has 0 unspecified atom stereocenters. The zero-order valence-corrected chi connectivity index (χ0v) is 10.3. The number of nitrogen functional groups attached to an aromatic ring is 1. The van der Waals surface area contributed by atoms with Crippen molar-refractivity contribution < 1.29 is 0 Å². The monoisotopic (exact) mass is 248 g/mol. The Bertz CT molecular complexity index is 268. The first-order valence-corrected chi connectivity index (χ1v) is 4.91. The molecule has 1 saturated heterocycles. The molecule has 1 heterocycles. The van der Waals surface area contributed by atoms with Crippen molar-refractivity contribution in [1.29, 1.82) is 0 Å². The van der Waals surface area contributed by atoms with Gasteiger partial charge in [-0.05, 0) is 43.6 Å². The van der Waals surface area contributed by atoms with Crippen molar-refractivity contribution in [3.05, 3.63) is 29.8 Å². The van der Waals surface area contributed by atoms with E-state index in [4.69, 9.17) is 5.73 Å². The van der Waals surface area contributed by atoms with Crippen LogP contribution in [0.15, 0.2) is 24.3 Å². The van der Waals surface area contributed by atoms with E-state index in [0.717, 1.165) is 12.2 Å². The molecule has 0 amide bonds. The van der Waals surface area contributed by atoms with Gasteiger partial charge in [0.25, 0.3) is 0 Å². The average molecular weight is 249 g/mol. The second-order valence-electron chi connectivity index (χ2n) is 3.72. The highest BCUT2D eigenvalue weighted by atomic mass is 35.5. The maximum Gasteiger partial charge on any atom is 0.0314 e. The lowest BCUT2D eigenvalue weighted by Gasteiger charge is -2.14. The van der Waals surface area contributed by atoms with Crippen molar-refractivity contribution in [2.24, 2.45) is 0 Å².